The molecule has 1 aromatic carbocycles. The first kappa shape index (κ1) is 17.3. The Morgan fingerprint density at radius 2 is 1.95 bits per heavy atom. The average molecular weight is 303 g/mol. The molecule has 1 atom stereocenters. The van der Waals surface area contributed by atoms with Gasteiger partial charge in [-0.15, -0.1) is 0 Å². The second-order valence-electron chi connectivity index (χ2n) is 5.03. The molecule has 0 saturated heterocycles. The Morgan fingerprint density at radius 1 is 1.33 bits per heavy atom. The van der Waals surface area contributed by atoms with Gasteiger partial charge in [0, 0.05) is 30.9 Å². The van der Waals surface area contributed by atoms with Crippen molar-refractivity contribution in [2.24, 2.45) is 0 Å². The van der Waals surface area contributed by atoms with Crippen LogP contribution in [0, 0.1) is 0 Å². The van der Waals surface area contributed by atoms with Crippen molar-refractivity contribution in [2.45, 2.75) is 19.1 Å². The summed E-state index contributed by atoms with van der Waals surface area (Å²) in [5.74, 6) is -0.517. The van der Waals surface area contributed by atoms with Crippen molar-refractivity contribution >= 4 is 11.6 Å². The van der Waals surface area contributed by atoms with Gasteiger partial charge in [0.15, 0.2) is 0 Å². The third-order valence-electron chi connectivity index (χ3n) is 3.30. The summed E-state index contributed by atoms with van der Waals surface area (Å²) < 4.78 is 38.8. The number of alkyl halides is 3. The number of nitrogens with one attached hydrogen (secondary N) is 2. The van der Waals surface area contributed by atoms with Crippen molar-refractivity contribution in [3.8, 4) is 0 Å². The molecule has 0 fully saturated rings. The molecule has 0 aliphatic carbocycles. The smallest absolute Gasteiger partial charge is 0.388 e. The van der Waals surface area contributed by atoms with Gasteiger partial charge in [-0.2, -0.15) is 13.2 Å². The van der Waals surface area contributed by atoms with Crippen LogP contribution in [0.5, 0.6) is 0 Å². The molecule has 0 aliphatic rings. The number of carbonyl (C=O) groups is 1. The van der Waals surface area contributed by atoms with E-state index in [0.717, 1.165) is 6.07 Å². The highest BCUT2D eigenvalue weighted by Gasteiger charge is 2.34. The minimum atomic E-state index is -4.51. The number of hydrogen-bond acceptors (Lipinski definition) is 3. The van der Waals surface area contributed by atoms with E-state index in [-0.39, 0.29) is 17.3 Å². The van der Waals surface area contributed by atoms with Crippen LogP contribution in [-0.4, -0.2) is 44.5 Å². The number of amides is 1. The van der Waals surface area contributed by atoms with Gasteiger partial charge in [-0.25, -0.2) is 0 Å². The summed E-state index contributed by atoms with van der Waals surface area (Å²) in [5.41, 5.74) is -0.911. The molecular formula is C14H20F3N3O. The first-order valence-corrected chi connectivity index (χ1v) is 6.50. The van der Waals surface area contributed by atoms with Gasteiger partial charge < -0.3 is 15.5 Å². The summed E-state index contributed by atoms with van der Waals surface area (Å²) in [7, 11) is 5.13. The van der Waals surface area contributed by atoms with E-state index >= 15 is 0 Å². The maximum Gasteiger partial charge on any atom is 0.418 e. The molecule has 0 spiro atoms. The van der Waals surface area contributed by atoms with E-state index < -0.39 is 17.6 Å². The van der Waals surface area contributed by atoms with Crippen LogP contribution in [0.1, 0.15) is 22.8 Å². The lowest BCUT2D eigenvalue weighted by molar-refractivity contribution is -0.136. The molecule has 2 N–H and O–H groups in total. The van der Waals surface area contributed by atoms with Crippen LogP contribution in [-0.2, 0) is 6.18 Å². The van der Waals surface area contributed by atoms with Crippen LogP contribution in [0.15, 0.2) is 18.2 Å². The quantitative estimate of drug-likeness (QED) is 0.878. The standard InChI is InChI=1S/C14H20F3N3O/c1-9(20(3)4)8-19-13(21)10-5-6-12(18-2)11(7-10)14(15,16)17/h5-7,9,18H,8H2,1-4H3,(H,19,21). The normalized spacial score (nSPS) is 13.1. The van der Waals surface area contributed by atoms with Crippen molar-refractivity contribution < 1.29 is 18.0 Å². The van der Waals surface area contributed by atoms with Gasteiger partial charge in [-0.05, 0) is 39.2 Å². The lowest BCUT2D eigenvalue weighted by Crippen LogP contribution is -2.38. The van der Waals surface area contributed by atoms with Gasteiger partial charge in [0.25, 0.3) is 5.91 Å². The van der Waals surface area contributed by atoms with Crippen LogP contribution in [0.2, 0.25) is 0 Å². The monoisotopic (exact) mass is 303 g/mol. The number of rotatable bonds is 5. The number of carbonyl (C=O) groups excluding carboxylic acids is 1. The van der Waals surface area contributed by atoms with E-state index in [1.807, 2.05) is 25.9 Å². The van der Waals surface area contributed by atoms with Crippen molar-refractivity contribution in [3.63, 3.8) is 0 Å². The fourth-order valence-electron chi connectivity index (χ4n) is 1.66. The summed E-state index contributed by atoms with van der Waals surface area (Å²) in [6.07, 6.45) is -4.51. The largest absolute Gasteiger partial charge is 0.418 e. The fraction of sp³-hybridized carbons (Fsp3) is 0.500. The van der Waals surface area contributed by atoms with E-state index in [1.165, 1.54) is 19.2 Å². The van der Waals surface area contributed by atoms with E-state index in [2.05, 4.69) is 10.6 Å². The lowest BCUT2D eigenvalue weighted by Gasteiger charge is -2.20. The highest BCUT2D eigenvalue weighted by Crippen LogP contribution is 2.35. The molecule has 1 unspecified atom stereocenters. The summed E-state index contributed by atoms with van der Waals surface area (Å²) in [6.45, 7) is 2.27. The average Bonchev–Trinajstić information content (AvgIpc) is 2.42. The number of likely N-dealkylation sites (N-methyl/N-ethyl adjacent to an activating group) is 1. The summed E-state index contributed by atoms with van der Waals surface area (Å²) in [4.78, 5) is 13.8. The van der Waals surface area contributed by atoms with Crippen LogP contribution in [0.3, 0.4) is 0 Å². The van der Waals surface area contributed by atoms with Crippen molar-refractivity contribution in [1.82, 2.24) is 10.2 Å². The van der Waals surface area contributed by atoms with Gasteiger partial charge in [-0.1, -0.05) is 0 Å². The zero-order chi connectivity index (χ0) is 16.2. The van der Waals surface area contributed by atoms with E-state index in [0.29, 0.717) is 6.54 Å². The highest BCUT2D eigenvalue weighted by atomic mass is 19.4. The second-order valence-corrected chi connectivity index (χ2v) is 5.03. The van der Waals surface area contributed by atoms with Crippen LogP contribution >= 0.6 is 0 Å². The Balaban J connectivity index is 2.91. The van der Waals surface area contributed by atoms with Gasteiger partial charge >= 0.3 is 6.18 Å². The van der Waals surface area contributed by atoms with E-state index in [9.17, 15) is 18.0 Å². The van der Waals surface area contributed by atoms with Crippen LogP contribution < -0.4 is 10.6 Å². The third kappa shape index (κ3) is 4.63. The molecular weight excluding hydrogens is 283 g/mol. The number of benzene rings is 1. The minimum Gasteiger partial charge on any atom is -0.388 e. The zero-order valence-electron chi connectivity index (χ0n) is 12.5. The summed E-state index contributed by atoms with van der Waals surface area (Å²) in [5, 5.41) is 5.10. The Labute approximate surface area is 122 Å². The predicted octanol–water partition coefficient (Wildman–Crippen LogP) is 2.43. The molecule has 21 heavy (non-hydrogen) atoms. The minimum absolute atomic E-state index is 0.00715. The van der Waals surface area contributed by atoms with Gasteiger partial charge in [0.1, 0.15) is 0 Å². The maximum atomic E-state index is 12.9. The van der Waals surface area contributed by atoms with Crippen LogP contribution in [0.25, 0.3) is 0 Å². The predicted molar refractivity (Wildman–Crippen MR) is 76.5 cm³/mol. The molecule has 0 aliphatic heterocycles. The van der Waals surface area contributed by atoms with Crippen molar-refractivity contribution in [3.05, 3.63) is 29.3 Å². The SMILES string of the molecule is CNc1ccc(C(=O)NCC(C)N(C)C)cc1C(F)(F)F. The van der Waals surface area contributed by atoms with Crippen LogP contribution in [0.4, 0.5) is 18.9 Å². The topological polar surface area (TPSA) is 44.4 Å². The molecule has 7 heteroatoms. The van der Waals surface area contributed by atoms with Gasteiger partial charge in [0.2, 0.25) is 0 Å². The van der Waals surface area contributed by atoms with E-state index in [4.69, 9.17) is 0 Å². The summed E-state index contributed by atoms with van der Waals surface area (Å²) in [6, 6.07) is 3.58. The molecule has 0 heterocycles. The molecule has 1 amide bonds. The first-order chi connectivity index (χ1) is 9.66. The van der Waals surface area contributed by atoms with Crippen molar-refractivity contribution in [2.75, 3.05) is 33.0 Å². The molecule has 118 valence electrons. The van der Waals surface area contributed by atoms with E-state index in [1.54, 1.807) is 0 Å². The number of halogens is 3. The molecule has 1 aromatic rings. The molecule has 0 aromatic heterocycles. The highest BCUT2D eigenvalue weighted by molar-refractivity contribution is 5.95. The molecule has 1 rings (SSSR count). The Morgan fingerprint density at radius 3 is 2.43 bits per heavy atom. The fourth-order valence-corrected chi connectivity index (χ4v) is 1.66. The van der Waals surface area contributed by atoms with Gasteiger partial charge in [-0.3, -0.25) is 4.79 Å². The second kappa shape index (κ2) is 6.80. The molecule has 0 bridgehead atoms. The third-order valence-corrected chi connectivity index (χ3v) is 3.30. The Bertz CT molecular complexity index is 501. The Kier molecular flexibility index (Phi) is 5.60. The zero-order valence-corrected chi connectivity index (χ0v) is 12.5. The van der Waals surface area contributed by atoms with Gasteiger partial charge in [0.05, 0.1) is 5.56 Å². The first-order valence-electron chi connectivity index (χ1n) is 6.50. The van der Waals surface area contributed by atoms with Crippen molar-refractivity contribution in [1.29, 1.82) is 0 Å². The molecule has 4 nitrogen and oxygen atoms in total. The number of nitrogens with zero attached hydrogens (tertiary/aromatic N) is 1. The lowest BCUT2D eigenvalue weighted by atomic mass is 10.1. The number of hydrogen-bond donors (Lipinski definition) is 2. The number of anilines is 1. The molecule has 0 saturated carbocycles. The maximum absolute atomic E-state index is 12.9. The molecule has 0 radical (unpaired) electrons. The Hall–Kier alpha value is -1.76. The summed E-state index contributed by atoms with van der Waals surface area (Å²) >= 11 is 0.